The van der Waals surface area contributed by atoms with E-state index in [1.165, 1.54) is 16.8 Å². The predicted molar refractivity (Wildman–Crippen MR) is 158 cm³/mol. The number of amides is 2. The Morgan fingerprint density at radius 2 is 1.79 bits per heavy atom. The molecule has 1 aromatic heterocycles. The maximum atomic E-state index is 14.0. The van der Waals surface area contributed by atoms with Gasteiger partial charge in [0, 0.05) is 32.6 Å². The van der Waals surface area contributed by atoms with E-state index in [-0.39, 0.29) is 30.2 Å². The Morgan fingerprint density at radius 1 is 1.00 bits per heavy atom. The van der Waals surface area contributed by atoms with E-state index < -0.39 is 0 Å². The number of nitrogens with zero attached hydrogens (tertiary/aromatic N) is 4. The number of furan rings is 1. The molecule has 10 heteroatoms. The highest BCUT2D eigenvalue weighted by molar-refractivity contribution is 6.04. The molecular formula is C32H38N4O6. The summed E-state index contributed by atoms with van der Waals surface area (Å²) in [6, 6.07) is 14.8. The fraction of sp³-hybridized carbons (Fsp3) is 0.406. The number of morpholine rings is 1. The quantitative estimate of drug-likeness (QED) is 0.360. The molecular weight excluding hydrogens is 536 g/mol. The molecule has 1 fully saturated rings. The van der Waals surface area contributed by atoms with Crippen LogP contribution in [0.2, 0.25) is 0 Å². The smallest absolute Gasteiger partial charge is 0.290 e. The molecule has 0 bridgehead atoms. The van der Waals surface area contributed by atoms with Gasteiger partial charge in [0.05, 0.1) is 45.5 Å². The van der Waals surface area contributed by atoms with E-state index in [1.54, 1.807) is 31.3 Å². The average molecular weight is 575 g/mol. The Labute approximate surface area is 246 Å². The molecule has 2 aromatic carbocycles. The lowest BCUT2D eigenvalue weighted by atomic mass is 9.96. The Hall–Kier alpha value is -4.15. The van der Waals surface area contributed by atoms with Crippen molar-refractivity contribution in [1.29, 1.82) is 0 Å². The average Bonchev–Trinajstić information content (AvgIpc) is 3.72. The molecule has 2 aliphatic heterocycles. The van der Waals surface area contributed by atoms with Crippen LogP contribution in [-0.2, 0) is 9.53 Å². The highest BCUT2D eigenvalue weighted by Crippen LogP contribution is 2.37. The molecule has 42 heavy (non-hydrogen) atoms. The van der Waals surface area contributed by atoms with Gasteiger partial charge in [-0.25, -0.2) is 5.01 Å². The molecule has 1 saturated heterocycles. The normalized spacial score (nSPS) is 17.2. The highest BCUT2D eigenvalue weighted by atomic mass is 16.5. The summed E-state index contributed by atoms with van der Waals surface area (Å²) >= 11 is 0. The first-order valence-electron chi connectivity index (χ1n) is 14.2. The van der Waals surface area contributed by atoms with Crippen LogP contribution in [0.5, 0.6) is 11.5 Å². The topological polar surface area (TPSA) is 97.1 Å². The zero-order valence-corrected chi connectivity index (χ0v) is 24.7. The second-order valence-corrected chi connectivity index (χ2v) is 10.6. The number of carbonyl (C=O) groups excluding carboxylic acids is 2. The van der Waals surface area contributed by atoms with Crippen LogP contribution < -0.4 is 9.47 Å². The molecule has 3 aromatic rings. The first-order valence-corrected chi connectivity index (χ1v) is 14.2. The molecule has 0 radical (unpaired) electrons. The van der Waals surface area contributed by atoms with Crippen LogP contribution in [0.1, 0.15) is 45.3 Å². The number of methoxy groups -OCH3 is 2. The number of rotatable bonds is 10. The summed E-state index contributed by atoms with van der Waals surface area (Å²) < 4.78 is 21.9. The van der Waals surface area contributed by atoms with Crippen molar-refractivity contribution in [3.05, 3.63) is 82.8 Å². The van der Waals surface area contributed by atoms with Crippen LogP contribution in [0, 0.1) is 13.8 Å². The van der Waals surface area contributed by atoms with Crippen molar-refractivity contribution in [2.75, 3.05) is 60.2 Å². The zero-order valence-electron chi connectivity index (χ0n) is 24.7. The molecule has 2 amide bonds. The van der Waals surface area contributed by atoms with Crippen molar-refractivity contribution in [1.82, 2.24) is 14.8 Å². The number of benzene rings is 2. The van der Waals surface area contributed by atoms with Gasteiger partial charge < -0.3 is 23.5 Å². The summed E-state index contributed by atoms with van der Waals surface area (Å²) in [5.74, 6) is 0.757. The van der Waals surface area contributed by atoms with Gasteiger partial charge in [0.15, 0.2) is 17.3 Å². The summed E-state index contributed by atoms with van der Waals surface area (Å²) in [7, 11) is 3.17. The van der Waals surface area contributed by atoms with Crippen LogP contribution >= 0.6 is 0 Å². The number of carbonyl (C=O) groups is 2. The molecule has 0 unspecified atom stereocenters. The third-order valence-corrected chi connectivity index (χ3v) is 7.93. The Balaban J connectivity index is 1.44. The minimum absolute atomic E-state index is 0.141. The molecule has 0 spiro atoms. The largest absolute Gasteiger partial charge is 0.493 e. The molecule has 10 nitrogen and oxygen atoms in total. The van der Waals surface area contributed by atoms with E-state index >= 15 is 0 Å². The second kappa shape index (κ2) is 13.2. The lowest BCUT2D eigenvalue weighted by Crippen LogP contribution is -2.46. The SMILES string of the molecule is COc1ccc([C@@H]2CC(c3ccc(C)c(C)c3)=NN2C(=O)CN(CCN2CCOCC2)C(=O)c2ccco2)cc1OC. The van der Waals surface area contributed by atoms with Gasteiger partial charge in [0.2, 0.25) is 0 Å². The second-order valence-electron chi connectivity index (χ2n) is 10.6. The van der Waals surface area contributed by atoms with Crippen LogP contribution in [0.4, 0.5) is 0 Å². The molecule has 1 atom stereocenters. The number of aryl methyl sites for hydroxylation is 2. The molecule has 0 aliphatic carbocycles. The minimum Gasteiger partial charge on any atom is -0.493 e. The first kappa shape index (κ1) is 29.3. The molecule has 5 rings (SSSR count). The molecule has 2 aliphatic rings. The van der Waals surface area contributed by atoms with Gasteiger partial charge in [-0.3, -0.25) is 14.5 Å². The fourth-order valence-corrected chi connectivity index (χ4v) is 5.29. The number of hydrazone groups is 1. The highest BCUT2D eigenvalue weighted by Gasteiger charge is 2.35. The van der Waals surface area contributed by atoms with E-state index in [2.05, 4.69) is 30.9 Å². The molecule has 3 heterocycles. The van der Waals surface area contributed by atoms with Crippen LogP contribution in [0.25, 0.3) is 0 Å². The zero-order chi connectivity index (χ0) is 29.6. The van der Waals surface area contributed by atoms with Crippen molar-refractivity contribution >= 4 is 17.5 Å². The molecule has 222 valence electrons. The van der Waals surface area contributed by atoms with Gasteiger partial charge in [-0.1, -0.05) is 18.2 Å². The number of ether oxygens (including phenoxy) is 3. The van der Waals surface area contributed by atoms with Gasteiger partial charge >= 0.3 is 0 Å². The van der Waals surface area contributed by atoms with Crippen molar-refractivity contribution < 1.29 is 28.2 Å². The lowest BCUT2D eigenvalue weighted by molar-refractivity contribution is -0.133. The molecule has 0 saturated carbocycles. The summed E-state index contributed by atoms with van der Waals surface area (Å²) in [4.78, 5) is 31.3. The maximum absolute atomic E-state index is 14.0. The van der Waals surface area contributed by atoms with Gasteiger partial charge in [-0.05, 0) is 66.4 Å². The van der Waals surface area contributed by atoms with Crippen LogP contribution in [0.15, 0.2) is 64.3 Å². The fourth-order valence-electron chi connectivity index (χ4n) is 5.29. The summed E-state index contributed by atoms with van der Waals surface area (Å²) in [6.07, 6.45) is 1.98. The first-order chi connectivity index (χ1) is 20.4. The minimum atomic E-state index is -0.381. The van der Waals surface area contributed by atoms with Gasteiger partial charge in [-0.15, -0.1) is 0 Å². The van der Waals surface area contributed by atoms with E-state index in [0.717, 1.165) is 35.5 Å². The lowest BCUT2D eigenvalue weighted by Gasteiger charge is -2.30. The van der Waals surface area contributed by atoms with Crippen molar-refractivity contribution in [3.8, 4) is 11.5 Å². The van der Waals surface area contributed by atoms with E-state index in [0.29, 0.717) is 44.2 Å². The Bertz CT molecular complexity index is 1430. The number of hydrogen-bond donors (Lipinski definition) is 0. The van der Waals surface area contributed by atoms with Crippen molar-refractivity contribution in [2.24, 2.45) is 5.10 Å². The van der Waals surface area contributed by atoms with E-state index in [1.807, 2.05) is 24.3 Å². The molecule has 0 N–H and O–H groups in total. The monoisotopic (exact) mass is 574 g/mol. The van der Waals surface area contributed by atoms with Crippen molar-refractivity contribution in [3.63, 3.8) is 0 Å². The third-order valence-electron chi connectivity index (χ3n) is 7.93. The van der Waals surface area contributed by atoms with E-state index in [4.69, 9.17) is 23.7 Å². The number of hydrogen-bond acceptors (Lipinski definition) is 8. The van der Waals surface area contributed by atoms with Gasteiger partial charge in [0.1, 0.15) is 6.54 Å². The Morgan fingerprint density at radius 3 is 2.48 bits per heavy atom. The summed E-state index contributed by atoms with van der Waals surface area (Å²) in [5, 5.41) is 6.37. The van der Waals surface area contributed by atoms with Crippen LogP contribution in [-0.4, -0.2) is 92.5 Å². The van der Waals surface area contributed by atoms with E-state index in [9.17, 15) is 9.59 Å². The Kier molecular flexibility index (Phi) is 9.24. The standard InChI is InChI=1S/C32H38N4O6/c1-22-7-8-24(18-23(22)2)26-20-27(25-9-10-28(39-3)30(19-25)40-4)36(33-26)31(37)21-35(32(38)29-6-5-15-42-29)12-11-34-13-16-41-17-14-34/h5-10,15,18-19,27H,11-14,16-17,20-21H2,1-4H3/t27-/m0/s1. The predicted octanol–water partition coefficient (Wildman–Crippen LogP) is 4.07. The van der Waals surface area contributed by atoms with Gasteiger partial charge in [-0.2, -0.15) is 5.10 Å². The van der Waals surface area contributed by atoms with Crippen LogP contribution in [0.3, 0.4) is 0 Å². The van der Waals surface area contributed by atoms with Crippen molar-refractivity contribution in [2.45, 2.75) is 26.3 Å². The summed E-state index contributed by atoms with van der Waals surface area (Å²) in [6.45, 7) is 7.87. The summed E-state index contributed by atoms with van der Waals surface area (Å²) in [5.41, 5.74) is 4.98. The third kappa shape index (κ3) is 6.50. The maximum Gasteiger partial charge on any atom is 0.290 e. The van der Waals surface area contributed by atoms with Gasteiger partial charge in [0.25, 0.3) is 11.8 Å².